The van der Waals surface area contributed by atoms with Gasteiger partial charge in [-0.25, -0.2) is 0 Å². The molecule has 2 unspecified atom stereocenters. The Morgan fingerprint density at radius 1 is 1.24 bits per heavy atom. The van der Waals surface area contributed by atoms with Crippen molar-refractivity contribution in [1.29, 1.82) is 0 Å². The van der Waals surface area contributed by atoms with Crippen molar-refractivity contribution in [2.45, 2.75) is 24.8 Å². The fourth-order valence-electron chi connectivity index (χ4n) is 2.42. The summed E-state index contributed by atoms with van der Waals surface area (Å²) in [6.07, 6.45) is 1.17. The van der Waals surface area contributed by atoms with Crippen LogP contribution in [0.1, 0.15) is 35.5 Å². The fourth-order valence-corrected chi connectivity index (χ4v) is 2.42. The Balaban J connectivity index is 1.83. The van der Waals surface area contributed by atoms with Crippen LogP contribution in [0, 0.1) is 0 Å². The Morgan fingerprint density at radius 2 is 2.00 bits per heavy atom. The van der Waals surface area contributed by atoms with Crippen molar-refractivity contribution in [2.24, 2.45) is 12.8 Å². The molecule has 0 radical (unpaired) electrons. The standard InChI is InChI=1S/C13H16N4/c1-17-12(8-14)15-16-13(17)11-7-10(11)9-5-3-2-4-6-9/h2-6,10-11H,7-8,14H2,1H3. The molecule has 1 fully saturated rings. The van der Waals surface area contributed by atoms with E-state index >= 15 is 0 Å². The summed E-state index contributed by atoms with van der Waals surface area (Å²) in [5.74, 6) is 3.04. The highest BCUT2D eigenvalue weighted by Gasteiger charge is 2.42. The van der Waals surface area contributed by atoms with E-state index in [4.69, 9.17) is 5.73 Å². The van der Waals surface area contributed by atoms with Crippen LogP contribution in [-0.2, 0) is 13.6 Å². The Morgan fingerprint density at radius 3 is 2.65 bits per heavy atom. The SMILES string of the molecule is Cn1c(CN)nnc1C1CC1c1ccccc1. The molecular formula is C13H16N4. The Kier molecular flexibility index (Phi) is 2.44. The molecule has 3 rings (SSSR count). The second-order valence-electron chi connectivity index (χ2n) is 4.60. The molecule has 88 valence electrons. The van der Waals surface area contributed by atoms with Crippen molar-refractivity contribution >= 4 is 0 Å². The zero-order chi connectivity index (χ0) is 11.8. The molecule has 1 heterocycles. The second kappa shape index (κ2) is 3.96. The average Bonchev–Trinajstić information content (AvgIpc) is 3.08. The molecule has 0 amide bonds. The van der Waals surface area contributed by atoms with E-state index in [1.807, 2.05) is 11.6 Å². The third-order valence-electron chi connectivity index (χ3n) is 3.53. The van der Waals surface area contributed by atoms with Gasteiger partial charge in [0.05, 0.1) is 6.54 Å². The molecule has 1 aliphatic carbocycles. The van der Waals surface area contributed by atoms with Gasteiger partial charge in [-0.15, -0.1) is 10.2 Å². The number of rotatable bonds is 3. The molecule has 1 aliphatic rings. The van der Waals surface area contributed by atoms with Crippen molar-refractivity contribution in [3.8, 4) is 0 Å². The first-order valence-electron chi connectivity index (χ1n) is 5.94. The predicted molar refractivity (Wildman–Crippen MR) is 65.4 cm³/mol. The molecule has 2 atom stereocenters. The van der Waals surface area contributed by atoms with Gasteiger partial charge < -0.3 is 10.3 Å². The topological polar surface area (TPSA) is 56.7 Å². The molecule has 0 saturated heterocycles. The Bertz CT molecular complexity index is 517. The highest BCUT2D eigenvalue weighted by atomic mass is 15.3. The monoisotopic (exact) mass is 228 g/mol. The maximum Gasteiger partial charge on any atom is 0.146 e. The van der Waals surface area contributed by atoms with Gasteiger partial charge in [0.15, 0.2) is 0 Å². The summed E-state index contributed by atoms with van der Waals surface area (Å²) in [5.41, 5.74) is 7.00. The van der Waals surface area contributed by atoms with Crippen LogP contribution < -0.4 is 5.73 Å². The van der Waals surface area contributed by atoms with Crippen molar-refractivity contribution in [2.75, 3.05) is 0 Å². The first-order chi connectivity index (χ1) is 8.31. The molecule has 4 heteroatoms. The van der Waals surface area contributed by atoms with Gasteiger partial charge in [-0.1, -0.05) is 30.3 Å². The Hall–Kier alpha value is -1.68. The third-order valence-corrected chi connectivity index (χ3v) is 3.53. The van der Waals surface area contributed by atoms with Crippen LogP contribution in [0.3, 0.4) is 0 Å². The molecule has 1 aromatic heterocycles. The minimum atomic E-state index is 0.451. The van der Waals surface area contributed by atoms with Crippen molar-refractivity contribution < 1.29 is 0 Å². The molecule has 0 spiro atoms. The molecule has 2 aromatic rings. The number of aromatic nitrogens is 3. The molecule has 17 heavy (non-hydrogen) atoms. The van der Waals surface area contributed by atoms with Gasteiger partial charge in [0.25, 0.3) is 0 Å². The molecular weight excluding hydrogens is 212 g/mol. The smallest absolute Gasteiger partial charge is 0.146 e. The van der Waals surface area contributed by atoms with E-state index in [1.165, 1.54) is 12.0 Å². The highest BCUT2D eigenvalue weighted by molar-refractivity contribution is 5.31. The first-order valence-corrected chi connectivity index (χ1v) is 5.94. The summed E-state index contributed by atoms with van der Waals surface area (Å²) in [6, 6.07) is 10.6. The minimum Gasteiger partial charge on any atom is -0.324 e. The van der Waals surface area contributed by atoms with Crippen LogP contribution >= 0.6 is 0 Å². The molecule has 0 aliphatic heterocycles. The predicted octanol–water partition coefficient (Wildman–Crippen LogP) is 1.54. The molecule has 0 bridgehead atoms. The van der Waals surface area contributed by atoms with Crippen molar-refractivity contribution in [3.05, 3.63) is 47.5 Å². The van der Waals surface area contributed by atoms with Crippen molar-refractivity contribution in [1.82, 2.24) is 14.8 Å². The quantitative estimate of drug-likeness (QED) is 0.867. The summed E-state index contributed by atoms with van der Waals surface area (Å²) in [6.45, 7) is 0.451. The zero-order valence-corrected chi connectivity index (χ0v) is 9.87. The van der Waals surface area contributed by atoms with Crippen molar-refractivity contribution in [3.63, 3.8) is 0 Å². The normalized spacial score (nSPS) is 22.7. The van der Waals surface area contributed by atoms with Crippen LogP contribution in [0.5, 0.6) is 0 Å². The average molecular weight is 228 g/mol. The maximum absolute atomic E-state index is 5.61. The van der Waals surface area contributed by atoms with Gasteiger partial charge in [-0.05, 0) is 17.9 Å². The molecule has 1 saturated carbocycles. The van der Waals surface area contributed by atoms with Gasteiger partial charge in [0, 0.05) is 13.0 Å². The molecule has 4 nitrogen and oxygen atoms in total. The summed E-state index contributed by atoms with van der Waals surface area (Å²) in [5, 5.41) is 8.37. The molecule has 2 N–H and O–H groups in total. The maximum atomic E-state index is 5.61. The minimum absolute atomic E-state index is 0.451. The lowest BCUT2D eigenvalue weighted by atomic mass is 10.1. The van der Waals surface area contributed by atoms with E-state index in [0.29, 0.717) is 18.4 Å². The van der Waals surface area contributed by atoms with E-state index < -0.39 is 0 Å². The lowest BCUT2D eigenvalue weighted by Crippen LogP contribution is -2.06. The van der Waals surface area contributed by atoms with E-state index in [9.17, 15) is 0 Å². The number of hydrogen-bond donors (Lipinski definition) is 1. The third kappa shape index (κ3) is 1.74. The van der Waals surface area contributed by atoms with E-state index in [0.717, 1.165) is 11.6 Å². The van der Waals surface area contributed by atoms with E-state index in [2.05, 4.69) is 40.5 Å². The first kappa shape index (κ1) is 10.5. The summed E-state index contributed by atoms with van der Waals surface area (Å²) >= 11 is 0. The van der Waals surface area contributed by atoms with Crippen LogP contribution in [0.25, 0.3) is 0 Å². The molecule has 1 aromatic carbocycles. The zero-order valence-electron chi connectivity index (χ0n) is 9.87. The Labute approximate surface area is 100 Å². The van der Waals surface area contributed by atoms with Crippen LogP contribution in [0.15, 0.2) is 30.3 Å². The largest absolute Gasteiger partial charge is 0.324 e. The lowest BCUT2D eigenvalue weighted by Gasteiger charge is -2.02. The summed E-state index contributed by atoms with van der Waals surface area (Å²) in [7, 11) is 2.00. The number of nitrogens with zero attached hydrogens (tertiary/aromatic N) is 3. The number of hydrogen-bond acceptors (Lipinski definition) is 3. The highest BCUT2D eigenvalue weighted by Crippen LogP contribution is 2.53. The van der Waals surface area contributed by atoms with Crippen LogP contribution in [0.4, 0.5) is 0 Å². The second-order valence-corrected chi connectivity index (χ2v) is 4.60. The van der Waals surface area contributed by atoms with Crippen LogP contribution in [0.2, 0.25) is 0 Å². The fraction of sp³-hybridized carbons (Fsp3) is 0.385. The van der Waals surface area contributed by atoms with Crippen LogP contribution in [-0.4, -0.2) is 14.8 Å². The number of nitrogens with two attached hydrogens (primary N) is 1. The van der Waals surface area contributed by atoms with Gasteiger partial charge in [-0.3, -0.25) is 0 Å². The van der Waals surface area contributed by atoms with E-state index in [1.54, 1.807) is 0 Å². The lowest BCUT2D eigenvalue weighted by molar-refractivity contribution is 0.740. The number of benzene rings is 1. The summed E-state index contributed by atoms with van der Waals surface area (Å²) < 4.78 is 2.04. The van der Waals surface area contributed by atoms with Gasteiger partial charge in [0.2, 0.25) is 0 Å². The van der Waals surface area contributed by atoms with Gasteiger partial charge >= 0.3 is 0 Å². The van der Waals surface area contributed by atoms with E-state index in [-0.39, 0.29) is 0 Å². The van der Waals surface area contributed by atoms with Gasteiger partial charge in [0.1, 0.15) is 11.6 Å². The van der Waals surface area contributed by atoms with Gasteiger partial charge in [-0.2, -0.15) is 0 Å². The summed E-state index contributed by atoms with van der Waals surface area (Å²) in [4.78, 5) is 0.